The predicted octanol–water partition coefficient (Wildman–Crippen LogP) is 3.95. The molecule has 0 bridgehead atoms. The number of hydrogen-bond donors (Lipinski definition) is 2. The third-order valence-electron chi connectivity index (χ3n) is 4.45. The van der Waals surface area contributed by atoms with E-state index in [1.165, 1.54) is 12.1 Å². The summed E-state index contributed by atoms with van der Waals surface area (Å²) in [6.45, 7) is 4.41. The lowest BCUT2D eigenvalue weighted by atomic mass is 9.87. The molecule has 1 aromatic rings. The second-order valence-electron chi connectivity index (χ2n) is 6.07. The molecule has 1 aliphatic heterocycles. The Kier molecular flexibility index (Phi) is 5.17. The Hall–Kier alpha value is -0.930. The van der Waals surface area contributed by atoms with E-state index in [-0.39, 0.29) is 17.4 Å². The van der Waals surface area contributed by atoms with E-state index in [0.717, 1.165) is 38.5 Å². The summed E-state index contributed by atoms with van der Waals surface area (Å²) in [5.74, 6) is -0.284. The first kappa shape index (κ1) is 15.5. The topological polar surface area (TPSA) is 32.3 Å². The predicted molar refractivity (Wildman–Crippen MR) is 80.1 cm³/mol. The highest BCUT2D eigenvalue weighted by Gasteiger charge is 2.39. The number of aliphatic hydroxyl groups excluding tert-OH is 1. The molecule has 1 aliphatic rings. The van der Waals surface area contributed by atoms with Crippen LogP contribution >= 0.6 is 0 Å². The van der Waals surface area contributed by atoms with Crippen molar-refractivity contribution in [3.63, 3.8) is 0 Å². The molecule has 0 saturated carbocycles. The Morgan fingerprint density at radius 2 is 2.05 bits per heavy atom. The van der Waals surface area contributed by atoms with E-state index >= 15 is 0 Å². The largest absolute Gasteiger partial charge is 0.387 e. The van der Waals surface area contributed by atoms with Gasteiger partial charge in [-0.1, -0.05) is 38.8 Å². The minimum absolute atomic E-state index is 0.0369. The second kappa shape index (κ2) is 6.68. The summed E-state index contributed by atoms with van der Waals surface area (Å²) in [7, 11) is 0. The van der Waals surface area contributed by atoms with Gasteiger partial charge in [-0.05, 0) is 43.4 Å². The first-order chi connectivity index (χ1) is 9.60. The number of aliphatic hydroxyl groups is 1. The summed E-state index contributed by atoms with van der Waals surface area (Å²) in [5, 5.41) is 14.1. The molecule has 20 heavy (non-hydrogen) atoms. The van der Waals surface area contributed by atoms with E-state index in [2.05, 4.69) is 19.2 Å². The minimum Gasteiger partial charge on any atom is -0.387 e. The van der Waals surface area contributed by atoms with E-state index in [1.807, 2.05) is 0 Å². The van der Waals surface area contributed by atoms with Crippen LogP contribution in [0.15, 0.2) is 24.3 Å². The Balaban J connectivity index is 2.07. The van der Waals surface area contributed by atoms with Crippen LogP contribution in [0.2, 0.25) is 0 Å². The summed E-state index contributed by atoms with van der Waals surface area (Å²) in [6, 6.07) is 6.35. The van der Waals surface area contributed by atoms with E-state index in [0.29, 0.717) is 5.56 Å². The SMILES string of the molecule is CCCC1(CCC)CCC([C@H](O)c2cccc(F)c2)N1. The minimum atomic E-state index is -0.624. The highest BCUT2D eigenvalue weighted by atomic mass is 19.1. The lowest BCUT2D eigenvalue weighted by Crippen LogP contribution is -2.44. The van der Waals surface area contributed by atoms with E-state index in [4.69, 9.17) is 0 Å². The molecule has 112 valence electrons. The molecule has 3 heteroatoms. The number of benzene rings is 1. The van der Waals surface area contributed by atoms with Gasteiger partial charge in [0.05, 0.1) is 6.10 Å². The van der Waals surface area contributed by atoms with Crippen LogP contribution in [0.1, 0.15) is 64.0 Å². The van der Waals surface area contributed by atoms with Gasteiger partial charge in [0, 0.05) is 11.6 Å². The molecule has 1 fully saturated rings. The van der Waals surface area contributed by atoms with Crippen LogP contribution in [0, 0.1) is 5.82 Å². The summed E-state index contributed by atoms with van der Waals surface area (Å²) in [5.41, 5.74) is 0.842. The van der Waals surface area contributed by atoms with Crippen molar-refractivity contribution in [2.45, 2.75) is 70.1 Å². The van der Waals surface area contributed by atoms with Crippen LogP contribution in [0.4, 0.5) is 4.39 Å². The zero-order valence-corrected chi connectivity index (χ0v) is 12.5. The summed E-state index contributed by atoms with van der Waals surface area (Å²) in [4.78, 5) is 0. The summed E-state index contributed by atoms with van der Waals surface area (Å²) in [6.07, 6.45) is 6.02. The lowest BCUT2D eigenvalue weighted by molar-refractivity contribution is 0.126. The highest BCUT2D eigenvalue weighted by Crippen LogP contribution is 2.36. The molecule has 2 rings (SSSR count). The molecule has 2 nitrogen and oxygen atoms in total. The molecule has 1 heterocycles. The monoisotopic (exact) mass is 279 g/mol. The maximum absolute atomic E-state index is 13.3. The fourth-order valence-corrected chi connectivity index (χ4v) is 3.61. The van der Waals surface area contributed by atoms with Crippen molar-refractivity contribution >= 4 is 0 Å². The fourth-order valence-electron chi connectivity index (χ4n) is 3.61. The van der Waals surface area contributed by atoms with Crippen LogP contribution in [0.25, 0.3) is 0 Å². The lowest BCUT2D eigenvalue weighted by Gasteiger charge is -2.31. The van der Waals surface area contributed by atoms with Crippen LogP contribution in [0.3, 0.4) is 0 Å². The van der Waals surface area contributed by atoms with E-state index in [1.54, 1.807) is 12.1 Å². The molecule has 0 aromatic heterocycles. The van der Waals surface area contributed by atoms with Crippen LogP contribution in [-0.4, -0.2) is 16.7 Å². The molecule has 0 radical (unpaired) electrons. The van der Waals surface area contributed by atoms with Gasteiger partial charge in [0.25, 0.3) is 0 Å². The molecular formula is C17H26FNO. The molecule has 0 spiro atoms. The molecule has 2 atom stereocenters. The normalized spacial score (nSPS) is 22.9. The third kappa shape index (κ3) is 3.39. The Morgan fingerprint density at radius 3 is 2.65 bits per heavy atom. The number of hydrogen-bond acceptors (Lipinski definition) is 2. The second-order valence-corrected chi connectivity index (χ2v) is 6.07. The fraction of sp³-hybridized carbons (Fsp3) is 0.647. The quantitative estimate of drug-likeness (QED) is 0.826. The molecule has 1 saturated heterocycles. The first-order valence-electron chi connectivity index (χ1n) is 7.81. The highest BCUT2D eigenvalue weighted by molar-refractivity contribution is 5.21. The van der Waals surface area contributed by atoms with Crippen molar-refractivity contribution in [2.75, 3.05) is 0 Å². The van der Waals surface area contributed by atoms with Crippen molar-refractivity contribution in [1.29, 1.82) is 0 Å². The Labute approximate surface area is 121 Å². The van der Waals surface area contributed by atoms with Gasteiger partial charge in [-0.2, -0.15) is 0 Å². The maximum atomic E-state index is 13.3. The van der Waals surface area contributed by atoms with Crippen LogP contribution in [0.5, 0.6) is 0 Å². The molecular weight excluding hydrogens is 253 g/mol. The standard InChI is InChI=1S/C17H26FNO/c1-3-9-17(10-4-2)11-8-15(19-17)16(20)13-6-5-7-14(18)12-13/h5-7,12,15-16,19-20H,3-4,8-11H2,1-2H3/t15?,16-/m1/s1. The summed E-state index contributed by atoms with van der Waals surface area (Å²) >= 11 is 0. The van der Waals surface area contributed by atoms with Crippen molar-refractivity contribution in [1.82, 2.24) is 5.32 Å². The van der Waals surface area contributed by atoms with Crippen molar-refractivity contribution in [3.8, 4) is 0 Å². The van der Waals surface area contributed by atoms with Gasteiger partial charge < -0.3 is 10.4 Å². The smallest absolute Gasteiger partial charge is 0.123 e. The number of nitrogens with one attached hydrogen (secondary N) is 1. The summed E-state index contributed by atoms with van der Waals surface area (Å²) < 4.78 is 13.3. The van der Waals surface area contributed by atoms with Crippen molar-refractivity contribution < 1.29 is 9.50 Å². The maximum Gasteiger partial charge on any atom is 0.123 e. The van der Waals surface area contributed by atoms with E-state index in [9.17, 15) is 9.50 Å². The average Bonchev–Trinajstić information content (AvgIpc) is 2.83. The van der Waals surface area contributed by atoms with Crippen LogP contribution in [-0.2, 0) is 0 Å². The van der Waals surface area contributed by atoms with Gasteiger partial charge in [0.2, 0.25) is 0 Å². The molecule has 1 aromatic carbocycles. The zero-order valence-electron chi connectivity index (χ0n) is 12.5. The van der Waals surface area contributed by atoms with E-state index < -0.39 is 6.10 Å². The first-order valence-corrected chi connectivity index (χ1v) is 7.81. The van der Waals surface area contributed by atoms with Crippen molar-refractivity contribution in [2.24, 2.45) is 0 Å². The molecule has 0 aliphatic carbocycles. The zero-order chi connectivity index (χ0) is 14.6. The average molecular weight is 279 g/mol. The Bertz CT molecular complexity index is 429. The molecule has 2 N–H and O–H groups in total. The van der Waals surface area contributed by atoms with Gasteiger partial charge in [-0.3, -0.25) is 0 Å². The van der Waals surface area contributed by atoms with Crippen molar-refractivity contribution in [3.05, 3.63) is 35.6 Å². The molecule has 1 unspecified atom stereocenters. The third-order valence-corrected chi connectivity index (χ3v) is 4.45. The van der Waals surface area contributed by atoms with Gasteiger partial charge in [-0.25, -0.2) is 4.39 Å². The van der Waals surface area contributed by atoms with Gasteiger partial charge in [0.15, 0.2) is 0 Å². The van der Waals surface area contributed by atoms with Gasteiger partial charge in [-0.15, -0.1) is 0 Å². The Morgan fingerprint density at radius 1 is 1.35 bits per heavy atom. The number of halogens is 1. The van der Waals surface area contributed by atoms with Gasteiger partial charge in [0.1, 0.15) is 5.82 Å². The molecule has 0 amide bonds. The van der Waals surface area contributed by atoms with Crippen LogP contribution < -0.4 is 5.32 Å². The number of rotatable bonds is 6. The van der Waals surface area contributed by atoms with Gasteiger partial charge >= 0.3 is 0 Å².